The van der Waals surface area contributed by atoms with Crippen LogP contribution in [0.5, 0.6) is 0 Å². The van der Waals surface area contributed by atoms with Crippen molar-refractivity contribution < 1.29 is 0 Å². The van der Waals surface area contributed by atoms with Gasteiger partial charge in [0.15, 0.2) is 0 Å². The van der Waals surface area contributed by atoms with Crippen LogP contribution in [0.15, 0.2) is 36.8 Å². The second-order valence-corrected chi connectivity index (χ2v) is 3.81. The minimum Gasteiger partial charge on any atom is -0.244 e. The molecule has 0 N–H and O–H groups in total. The number of aromatic nitrogens is 2. The largest absolute Gasteiger partial charge is 0.244 e. The van der Waals surface area contributed by atoms with E-state index in [0.717, 1.165) is 16.8 Å². The molecule has 2 heteroatoms. The van der Waals surface area contributed by atoms with E-state index in [1.807, 2.05) is 44.3 Å². The Kier molecular flexibility index (Phi) is 8.04. The summed E-state index contributed by atoms with van der Waals surface area (Å²) in [6.07, 6.45) is 3.37. The van der Waals surface area contributed by atoms with E-state index in [2.05, 4.69) is 30.7 Å². The van der Waals surface area contributed by atoms with Crippen molar-refractivity contribution in [2.24, 2.45) is 5.92 Å². The van der Waals surface area contributed by atoms with Gasteiger partial charge in [-0.2, -0.15) is 0 Å². The Hall–Kier alpha value is -1.44. The third-order valence-electron chi connectivity index (χ3n) is 1.41. The molecule has 0 aliphatic rings. The SMILES string of the molecule is CC.CC(C)C.c1ccc2ncncc2c1. The minimum atomic E-state index is 0.833. The Morgan fingerprint density at radius 3 is 2.12 bits per heavy atom. The summed E-state index contributed by atoms with van der Waals surface area (Å²) in [5.41, 5.74) is 0.998. The number of nitrogens with zero attached hydrogens (tertiary/aromatic N) is 2. The number of hydrogen-bond acceptors (Lipinski definition) is 2. The Bertz CT molecular complexity index is 315. The molecule has 0 atom stereocenters. The van der Waals surface area contributed by atoms with E-state index in [0.29, 0.717) is 0 Å². The van der Waals surface area contributed by atoms with E-state index in [-0.39, 0.29) is 0 Å². The van der Waals surface area contributed by atoms with Gasteiger partial charge in [0.05, 0.1) is 5.52 Å². The molecule has 0 amide bonds. The summed E-state index contributed by atoms with van der Waals surface area (Å²) in [4.78, 5) is 7.97. The molecule has 0 bridgehead atoms. The van der Waals surface area contributed by atoms with Crippen LogP contribution in [0.4, 0.5) is 0 Å². The molecule has 2 rings (SSSR count). The first-order valence-corrected chi connectivity index (χ1v) is 5.85. The van der Waals surface area contributed by atoms with Gasteiger partial charge < -0.3 is 0 Å². The van der Waals surface area contributed by atoms with Crippen molar-refractivity contribution in [2.75, 3.05) is 0 Å². The second-order valence-electron chi connectivity index (χ2n) is 3.81. The second kappa shape index (κ2) is 8.84. The number of hydrogen-bond donors (Lipinski definition) is 0. The fraction of sp³-hybridized carbons (Fsp3) is 0.429. The summed E-state index contributed by atoms with van der Waals surface area (Å²) in [6, 6.07) is 7.91. The van der Waals surface area contributed by atoms with Gasteiger partial charge in [0.25, 0.3) is 0 Å². The highest BCUT2D eigenvalue weighted by molar-refractivity contribution is 5.76. The van der Waals surface area contributed by atoms with Crippen LogP contribution in [0, 0.1) is 5.92 Å². The van der Waals surface area contributed by atoms with E-state index in [1.54, 1.807) is 6.33 Å². The number of benzene rings is 1. The van der Waals surface area contributed by atoms with Crippen LogP contribution in [-0.2, 0) is 0 Å². The van der Waals surface area contributed by atoms with Crippen LogP contribution in [0.2, 0.25) is 0 Å². The molecule has 0 saturated heterocycles. The van der Waals surface area contributed by atoms with Crippen molar-refractivity contribution in [2.45, 2.75) is 34.6 Å². The van der Waals surface area contributed by atoms with Crippen LogP contribution >= 0.6 is 0 Å². The molecular weight excluding hydrogens is 196 g/mol. The van der Waals surface area contributed by atoms with Gasteiger partial charge >= 0.3 is 0 Å². The quantitative estimate of drug-likeness (QED) is 0.658. The van der Waals surface area contributed by atoms with E-state index in [9.17, 15) is 0 Å². The van der Waals surface area contributed by atoms with Gasteiger partial charge in [0.1, 0.15) is 6.33 Å². The molecule has 1 heterocycles. The normalized spacial score (nSPS) is 8.88. The lowest BCUT2D eigenvalue weighted by atomic mass is 10.2. The van der Waals surface area contributed by atoms with E-state index in [1.165, 1.54) is 0 Å². The maximum absolute atomic E-state index is 4.07. The van der Waals surface area contributed by atoms with Gasteiger partial charge in [-0.25, -0.2) is 9.97 Å². The fourth-order valence-corrected chi connectivity index (χ4v) is 0.923. The monoisotopic (exact) mass is 218 g/mol. The average molecular weight is 218 g/mol. The first-order chi connectivity index (χ1) is 7.70. The van der Waals surface area contributed by atoms with E-state index < -0.39 is 0 Å². The van der Waals surface area contributed by atoms with Crippen LogP contribution in [0.3, 0.4) is 0 Å². The molecule has 0 aliphatic heterocycles. The molecule has 0 radical (unpaired) electrons. The zero-order valence-corrected chi connectivity index (χ0v) is 10.9. The lowest BCUT2D eigenvalue weighted by Gasteiger charge is -1.90. The summed E-state index contributed by atoms with van der Waals surface area (Å²) in [7, 11) is 0. The Morgan fingerprint density at radius 2 is 1.56 bits per heavy atom. The molecule has 0 fully saturated rings. The van der Waals surface area contributed by atoms with Gasteiger partial charge in [0.2, 0.25) is 0 Å². The highest BCUT2D eigenvalue weighted by Gasteiger charge is 1.87. The third-order valence-corrected chi connectivity index (χ3v) is 1.41. The summed E-state index contributed by atoms with van der Waals surface area (Å²) >= 11 is 0. The maximum atomic E-state index is 4.07. The van der Waals surface area contributed by atoms with Gasteiger partial charge in [-0.05, 0) is 12.0 Å². The molecule has 88 valence electrons. The summed E-state index contributed by atoms with van der Waals surface area (Å²) in [6.45, 7) is 10.5. The molecule has 16 heavy (non-hydrogen) atoms. The van der Waals surface area contributed by atoms with Gasteiger partial charge in [0, 0.05) is 11.6 Å². The molecule has 0 aliphatic carbocycles. The summed E-state index contributed by atoms with van der Waals surface area (Å²) in [5.74, 6) is 0.833. The predicted molar refractivity (Wildman–Crippen MR) is 71.4 cm³/mol. The van der Waals surface area contributed by atoms with E-state index in [4.69, 9.17) is 0 Å². The third kappa shape index (κ3) is 6.12. The number of fused-ring (bicyclic) bond motifs is 1. The zero-order valence-electron chi connectivity index (χ0n) is 10.9. The Morgan fingerprint density at radius 1 is 1.00 bits per heavy atom. The molecule has 2 nitrogen and oxygen atoms in total. The molecule has 1 aromatic heterocycles. The number of para-hydroxylation sites is 1. The molecule has 0 unspecified atom stereocenters. The van der Waals surface area contributed by atoms with Crippen molar-refractivity contribution >= 4 is 10.9 Å². The fourth-order valence-electron chi connectivity index (χ4n) is 0.923. The standard InChI is InChI=1S/C8H6N2.C4H10.C2H6/c1-2-4-8-7(3-1)5-9-6-10-8;1-4(2)3;1-2/h1-6H;4H,1-3H3;1-2H3. The predicted octanol–water partition coefficient (Wildman–Crippen LogP) is 4.32. The molecule has 1 aromatic carbocycles. The van der Waals surface area contributed by atoms with Crippen molar-refractivity contribution in [3.63, 3.8) is 0 Å². The maximum Gasteiger partial charge on any atom is 0.116 e. The average Bonchev–Trinajstić information content (AvgIpc) is 2.31. The molecule has 0 spiro atoms. The van der Waals surface area contributed by atoms with Crippen molar-refractivity contribution in [1.82, 2.24) is 9.97 Å². The van der Waals surface area contributed by atoms with Crippen molar-refractivity contribution in [3.8, 4) is 0 Å². The van der Waals surface area contributed by atoms with E-state index >= 15 is 0 Å². The lowest BCUT2D eigenvalue weighted by Crippen LogP contribution is -1.77. The zero-order chi connectivity index (χ0) is 12.4. The van der Waals surface area contributed by atoms with Crippen LogP contribution < -0.4 is 0 Å². The highest BCUT2D eigenvalue weighted by Crippen LogP contribution is 2.06. The van der Waals surface area contributed by atoms with Crippen LogP contribution in [-0.4, -0.2) is 9.97 Å². The topological polar surface area (TPSA) is 25.8 Å². The molecule has 2 aromatic rings. The molecular formula is C14H22N2. The van der Waals surface area contributed by atoms with Gasteiger partial charge in [-0.15, -0.1) is 0 Å². The first-order valence-electron chi connectivity index (χ1n) is 5.85. The van der Waals surface area contributed by atoms with Crippen molar-refractivity contribution in [3.05, 3.63) is 36.8 Å². The Labute approximate surface area is 98.8 Å². The summed E-state index contributed by atoms with van der Waals surface area (Å²) in [5, 5.41) is 1.09. The van der Waals surface area contributed by atoms with Crippen LogP contribution in [0.1, 0.15) is 34.6 Å². The van der Waals surface area contributed by atoms with Gasteiger partial charge in [-0.1, -0.05) is 52.8 Å². The summed E-state index contributed by atoms with van der Waals surface area (Å²) < 4.78 is 0. The highest BCUT2D eigenvalue weighted by atomic mass is 14.8. The van der Waals surface area contributed by atoms with Gasteiger partial charge in [-0.3, -0.25) is 0 Å². The van der Waals surface area contributed by atoms with Crippen LogP contribution in [0.25, 0.3) is 10.9 Å². The minimum absolute atomic E-state index is 0.833. The smallest absolute Gasteiger partial charge is 0.116 e. The van der Waals surface area contributed by atoms with Crippen molar-refractivity contribution in [1.29, 1.82) is 0 Å². The number of rotatable bonds is 0. The molecule has 0 saturated carbocycles. The Balaban J connectivity index is 0.000000323. The first kappa shape index (κ1) is 14.6. The lowest BCUT2D eigenvalue weighted by molar-refractivity contribution is 0.737.